The van der Waals surface area contributed by atoms with Crippen LogP contribution in [0.1, 0.15) is 6.92 Å². The molecule has 0 bridgehead atoms. The predicted molar refractivity (Wildman–Crippen MR) is 116 cm³/mol. The first-order valence-corrected chi connectivity index (χ1v) is 9.64. The highest BCUT2D eigenvalue weighted by atomic mass is 15.0. The van der Waals surface area contributed by atoms with Gasteiger partial charge in [-0.1, -0.05) is 24.3 Å². The van der Waals surface area contributed by atoms with E-state index in [0.29, 0.717) is 0 Å². The molecule has 0 saturated heterocycles. The van der Waals surface area contributed by atoms with Gasteiger partial charge >= 0.3 is 0 Å². The van der Waals surface area contributed by atoms with Gasteiger partial charge in [0.25, 0.3) is 0 Å². The van der Waals surface area contributed by atoms with Gasteiger partial charge in [0.05, 0.1) is 10.8 Å². The fourth-order valence-corrected chi connectivity index (χ4v) is 4.13. The highest BCUT2D eigenvalue weighted by molar-refractivity contribution is 6.09. The van der Waals surface area contributed by atoms with Crippen LogP contribution in [0.15, 0.2) is 91.3 Å². The van der Waals surface area contributed by atoms with E-state index in [1.807, 2.05) is 6.07 Å². The zero-order valence-electron chi connectivity index (χ0n) is 15.8. The molecule has 0 atom stereocenters. The molecule has 0 fully saturated rings. The van der Waals surface area contributed by atoms with Gasteiger partial charge in [0.1, 0.15) is 6.54 Å². The summed E-state index contributed by atoms with van der Waals surface area (Å²) in [5, 5.41) is 3.72. The summed E-state index contributed by atoms with van der Waals surface area (Å²) in [4.78, 5) is 0. The maximum Gasteiger partial charge on any atom is 0.220 e. The Morgan fingerprint density at radius 3 is 2.29 bits per heavy atom. The number of nitrogens with zero attached hydrogens (tertiary/aromatic N) is 2. The Kier molecular flexibility index (Phi) is 3.87. The molecule has 3 nitrogen and oxygen atoms in total. The number of rotatable bonds is 3. The lowest BCUT2D eigenvalue weighted by Crippen LogP contribution is -2.36. The zero-order chi connectivity index (χ0) is 19.1. The lowest BCUT2D eigenvalue weighted by Gasteiger charge is -2.13. The SMILES string of the molecule is CC[n+]1c(-c2ccccc2)c2cc(-n3cccc3)ccc2c2ccc(N)cc21. The number of anilines is 1. The molecular weight excluding hydrogens is 342 g/mol. The quantitative estimate of drug-likeness (QED) is 0.262. The molecule has 3 aromatic carbocycles. The third kappa shape index (κ3) is 2.55. The van der Waals surface area contributed by atoms with E-state index < -0.39 is 0 Å². The third-order valence-corrected chi connectivity index (χ3v) is 5.40. The standard InChI is InChI=1S/C25H21N3/c1-2-28-24-16-19(26)10-12-22(24)21-13-11-20(27-14-6-7-15-27)17-23(21)25(28)18-8-4-3-5-9-18/h3-17,26H,2H2,1H3/p+1. The van der Waals surface area contributed by atoms with E-state index in [-0.39, 0.29) is 0 Å². The smallest absolute Gasteiger partial charge is 0.220 e. The molecular formula is C25H22N3+. The van der Waals surface area contributed by atoms with Gasteiger partial charge in [-0.15, -0.1) is 0 Å². The number of benzene rings is 3. The number of fused-ring (bicyclic) bond motifs is 3. The van der Waals surface area contributed by atoms with Gasteiger partial charge in [0.2, 0.25) is 11.2 Å². The average molecular weight is 364 g/mol. The fraction of sp³-hybridized carbons (Fsp3) is 0.0800. The van der Waals surface area contributed by atoms with Gasteiger partial charge in [-0.2, -0.15) is 4.57 Å². The summed E-state index contributed by atoms with van der Waals surface area (Å²) < 4.78 is 4.53. The summed E-state index contributed by atoms with van der Waals surface area (Å²) in [5.41, 5.74) is 11.7. The summed E-state index contributed by atoms with van der Waals surface area (Å²) in [5.74, 6) is 0. The number of nitrogens with two attached hydrogens (primary N) is 1. The first-order chi connectivity index (χ1) is 13.8. The monoisotopic (exact) mass is 364 g/mol. The molecule has 0 amide bonds. The largest absolute Gasteiger partial charge is 0.399 e. The molecule has 0 unspecified atom stereocenters. The van der Waals surface area contributed by atoms with E-state index in [0.717, 1.165) is 17.9 Å². The van der Waals surface area contributed by atoms with Crippen molar-refractivity contribution >= 4 is 27.4 Å². The Balaban J connectivity index is 1.97. The molecule has 0 aliphatic carbocycles. The van der Waals surface area contributed by atoms with Gasteiger partial charge in [0, 0.05) is 40.8 Å². The van der Waals surface area contributed by atoms with E-state index in [2.05, 4.69) is 101 Å². The summed E-state index contributed by atoms with van der Waals surface area (Å²) in [6.07, 6.45) is 4.16. The molecule has 136 valence electrons. The van der Waals surface area contributed by atoms with Crippen LogP contribution in [0, 0.1) is 0 Å². The fourth-order valence-electron chi connectivity index (χ4n) is 4.13. The maximum absolute atomic E-state index is 6.15. The van der Waals surface area contributed by atoms with E-state index in [9.17, 15) is 0 Å². The minimum Gasteiger partial charge on any atom is -0.399 e. The van der Waals surface area contributed by atoms with Gasteiger partial charge in [-0.05, 0) is 55.5 Å². The molecule has 0 aliphatic heterocycles. The van der Waals surface area contributed by atoms with Crippen LogP contribution in [-0.2, 0) is 6.54 Å². The summed E-state index contributed by atoms with van der Waals surface area (Å²) in [6.45, 7) is 3.06. The van der Waals surface area contributed by atoms with Crippen molar-refractivity contribution in [2.75, 3.05) is 5.73 Å². The van der Waals surface area contributed by atoms with Crippen molar-refractivity contribution in [2.45, 2.75) is 13.5 Å². The molecule has 2 N–H and O–H groups in total. The van der Waals surface area contributed by atoms with E-state index in [1.54, 1.807) is 0 Å². The maximum atomic E-state index is 6.15. The first-order valence-electron chi connectivity index (χ1n) is 9.64. The summed E-state index contributed by atoms with van der Waals surface area (Å²) in [7, 11) is 0. The molecule has 0 radical (unpaired) electrons. The van der Waals surface area contributed by atoms with Crippen LogP contribution in [0.4, 0.5) is 5.69 Å². The normalized spacial score (nSPS) is 11.3. The van der Waals surface area contributed by atoms with Crippen molar-refractivity contribution in [1.82, 2.24) is 4.57 Å². The van der Waals surface area contributed by atoms with Crippen molar-refractivity contribution < 1.29 is 4.57 Å². The number of aryl methyl sites for hydroxylation is 1. The molecule has 3 heteroatoms. The molecule has 0 saturated carbocycles. The minimum atomic E-state index is 0.789. The minimum absolute atomic E-state index is 0.789. The van der Waals surface area contributed by atoms with Crippen LogP contribution in [0.25, 0.3) is 38.6 Å². The van der Waals surface area contributed by atoms with Crippen LogP contribution in [-0.4, -0.2) is 4.57 Å². The van der Waals surface area contributed by atoms with Gasteiger partial charge in [0.15, 0.2) is 0 Å². The lowest BCUT2D eigenvalue weighted by molar-refractivity contribution is -0.655. The van der Waals surface area contributed by atoms with Crippen molar-refractivity contribution in [2.24, 2.45) is 0 Å². The van der Waals surface area contributed by atoms with E-state index >= 15 is 0 Å². The number of pyridine rings is 1. The zero-order valence-corrected chi connectivity index (χ0v) is 15.8. The molecule has 28 heavy (non-hydrogen) atoms. The Morgan fingerprint density at radius 1 is 0.786 bits per heavy atom. The summed E-state index contributed by atoms with van der Waals surface area (Å²) in [6, 6.07) is 27.7. The van der Waals surface area contributed by atoms with Crippen molar-refractivity contribution in [3.8, 4) is 16.9 Å². The number of aromatic nitrogens is 2. The topological polar surface area (TPSA) is 34.8 Å². The number of hydrogen-bond acceptors (Lipinski definition) is 1. The van der Waals surface area contributed by atoms with Crippen LogP contribution in [0.2, 0.25) is 0 Å². The van der Waals surface area contributed by atoms with Gasteiger partial charge in [-0.3, -0.25) is 0 Å². The van der Waals surface area contributed by atoms with Crippen LogP contribution < -0.4 is 10.3 Å². The molecule has 5 rings (SSSR count). The van der Waals surface area contributed by atoms with E-state index in [1.165, 1.54) is 32.9 Å². The van der Waals surface area contributed by atoms with Crippen molar-refractivity contribution in [1.29, 1.82) is 0 Å². The second kappa shape index (κ2) is 6.54. The molecule has 2 heterocycles. The molecule has 0 spiro atoms. The van der Waals surface area contributed by atoms with Crippen LogP contribution >= 0.6 is 0 Å². The highest BCUT2D eigenvalue weighted by Gasteiger charge is 2.22. The first kappa shape index (κ1) is 16.6. The second-order valence-electron chi connectivity index (χ2n) is 7.06. The van der Waals surface area contributed by atoms with Crippen molar-refractivity contribution in [3.63, 3.8) is 0 Å². The van der Waals surface area contributed by atoms with E-state index in [4.69, 9.17) is 5.73 Å². The third-order valence-electron chi connectivity index (χ3n) is 5.40. The Morgan fingerprint density at radius 2 is 1.54 bits per heavy atom. The number of hydrogen-bond donors (Lipinski definition) is 1. The predicted octanol–water partition coefficient (Wildman–Crippen LogP) is 5.34. The molecule has 2 aromatic heterocycles. The average Bonchev–Trinajstić information content (AvgIpc) is 3.27. The highest BCUT2D eigenvalue weighted by Crippen LogP contribution is 2.33. The Bertz CT molecular complexity index is 1290. The van der Waals surface area contributed by atoms with Crippen LogP contribution in [0.3, 0.4) is 0 Å². The second-order valence-corrected chi connectivity index (χ2v) is 7.06. The Hall–Kier alpha value is -3.59. The van der Waals surface area contributed by atoms with Gasteiger partial charge in [-0.25, -0.2) is 0 Å². The summed E-state index contributed by atoms with van der Waals surface area (Å²) >= 11 is 0. The van der Waals surface area contributed by atoms with Crippen molar-refractivity contribution in [3.05, 3.63) is 91.3 Å². The Labute approximate surface area is 164 Å². The molecule has 5 aromatic rings. The number of nitrogen functional groups attached to an aromatic ring is 1. The lowest BCUT2D eigenvalue weighted by atomic mass is 9.98. The van der Waals surface area contributed by atoms with Gasteiger partial charge < -0.3 is 10.3 Å². The van der Waals surface area contributed by atoms with Crippen LogP contribution in [0.5, 0.6) is 0 Å². The molecule has 0 aliphatic rings.